The molecule has 1 aliphatic heterocycles. The fourth-order valence-corrected chi connectivity index (χ4v) is 2.57. The molecule has 3 amide bonds. The minimum atomic E-state index is -0.841. The number of rotatable bonds is 4. The van der Waals surface area contributed by atoms with Crippen molar-refractivity contribution in [2.45, 2.75) is 39.7 Å². The molecule has 0 radical (unpaired) electrons. The van der Waals surface area contributed by atoms with Gasteiger partial charge in [0.15, 0.2) is 6.10 Å². The predicted molar refractivity (Wildman–Crippen MR) is 92.1 cm³/mol. The number of aryl methyl sites for hydroxylation is 2. The van der Waals surface area contributed by atoms with Crippen LogP contribution < -0.4 is 21.0 Å². The van der Waals surface area contributed by atoms with E-state index in [4.69, 9.17) is 16.3 Å². The van der Waals surface area contributed by atoms with Gasteiger partial charge in [-0.2, -0.15) is 5.10 Å². The Labute approximate surface area is 149 Å². The molecule has 1 atom stereocenters. The average Bonchev–Trinajstić information content (AvgIpc) is 2.56. The summed E-state index contributed by atoms with van der Waals surface area (Å²) in [5, 5.41) is 4.23. The SMILES string of the molecule is Cc1cc(Cl)cc(C)c1O[C@@H](C)C(=O)NNC(=O)C1=NNC(=O)CC1. The van der Waals surface area contributed by atoms with Crippen LogP contribution in [0.15, 0.2) is 17.2 Å². The Balaban J connectivity index is 1.91. The van der Waals surface area contributed by atoms with Crippen LogP contribution in [-0.4, -0.2) is 29.5 Å². The molecule has 1 aromatic carbocycles. The fraction of sp³-hybridized carbons (Fsp3) is 0.375. The molecule has 0 bridgehead atoms. The molecule has 9 heteroatoms. The molecule has 8 nitrogen and oxygen atoms in total. The van der Waals surface area contributed by atoms with Crippen molar-refractivity contribution < 1.29 is 19.1 Å². The highest BCUT2D eigenvalue weighted by Crippen LogP contribution is 2.27. The first-order valence-corrected chi connectivity index (χ1v) is 8.04. The van der Waals surface area contributed by atoms with Gasteiger partial charge in [-0.3, -0.25) is 25.2 Å². The van der Waals surface area contributed by atoms with Crippen LogP contribution in [0.1, 0.15) is 30.9 Å². The Morgan fingerprint density at radius 3 is 2.44 bits per heavy atom. The van der Waals surface area contributed by atoms with E-state index in [-0.39, 0.29) is 24.5 Å². The minimum Gasteiger partial charge on any atom is -0.480 e. The standard InChI is InChI=1S/C16H19ClN4O4/c1-8-6-11(17)7-9(2)14(8)25-10(3)15(23)20-21-16(24)12-4-5-13(22)19-18-12/h6-7,10H,4-5H2,1-3H3,(H,19,22)(H,20,23)(H,21,24)/t10-/m0/s1. The van der Waals surface area contributed by atoms with Crippen LogP contribution >= 0.6 is 11.6 Å². The van der Waals surface area contributed by atoms with Crippen LogP contribution in [0.5, 0.6) is 5.75 Å². The number of hydrogen-bond acceptors (Lipinski definition) is 5. The molecule has 1 aromatic rings. The number of carbonyl (C=O) groups excluding carboxylic acids is 3. The highest BCUT2D eigenvalue weighted by Gasteiger charge is 2.21. The molecule has 2 rings (SSSR count). The summed E-state index contributed by atoms with van der Waals surface area (Å²) in [6, 6.07) is 3.48. The van der Waals surface area contributed by atoms with Crippen molar-refractivity contribution >= 4 is 35.0 Å². The maximum Gasteiger partial charge on any atom is 0.285 e. The van der Waals surface area contributed by atoms with Crippen molar-refractivity contribution in [1.82, 2.24) is 16.3 Å². The maximum atomic E-state index is 12.1. The molecule has 0 saturated carbocycles. The Kier molecular flexibility index (Phi) is 5.97. The maximum absolute atomic E-state index is 12.1. The number of hydrazone groups is 1. The number of nitrogens with zero attached hydrogens (tertiary/aromatic N) is 1. The van der Waals surface area contributed by atoms with Gasteiger partial charge in [0, 0.05) is 17.9 Å². The van der Waals surface area contributed by atoms with Gasteiger partial charge in [-0.15, -0.1) is 0 Å². The van der Waals surface area contributed by atoms with Crippen LogP contribution in [0.25, 0.3) is 0 Å². The third-order valence-corrected chi connectivity index (χ3v) is 3.77. The zero-order valence-corrected chi connectivity index (χ0v) is 14.9. The lowest BCUT2D eigenvalue weighted by atomic mass is 10.1. The molecule has 0 fully saturated rings. The van der Waals surface area contributed by atoms with E-state index in [0.29, 0.717) is 10.8 Å². The van der Waals surface area contributed by atoms with E-state index in [2.05, 4.69) is 21.4 Å². The highest BCUT2D eigenvalue weighted by atomic mass is 35.5. The minimum absolute atomic E-state index is 0.137. The Bertz CT molecular complexity index is 725. The van der Waals surface area contributed by atoms with Crippen molar-refractivity contribution in [3.05, 3.63) is 28.3 Å². The number of hydrogen-bond donors (Lipinski definition) is 3. The molecule has 3 N–H and O–H groups in total. The zero-order valence-electron chi connectivity index (χ0n) is 14.1. The van der Waals surface area contributed by atoms with Crippen molar-refractivity contribution in [3.8, 4) is 5.75 Å². The summed E-state index contributed by atoms with van der Waals surface area (Å²) in [4.78, 5) is 35.0. The summed E-state index contributed by atoms with van der Waals surface area (Å²) in [5.41, 5.74) is 8.49. The Hall–Kier alpha value is -2.61. The van der Waals surface area contributed by atoms with E-state index in [9.17, 15) is 14.4 Å². The first-order chi connectivity index (χ1) is 11.8. The lowest BCUT2D eigenvalue weighted by molar-refractivity contribution is -0.131. The number of benzene rings is 1. The molecule has 0 unspecified atom stereocenters. The number of amides is 3. The normalized spacial score (nSPS) is 14.9. The summed E-state index contributed by atoms with van der Waals surface area (Å²) < 4.78 is 5.68. The Morgan fingerprint density at radius 2 is 1.88 bits per heavy atom. The van der Waals surface area contributed by atoms with Gasteiger partial charge in [-0.05, 0) is 44.0 Å². The summed E-state index contributed by atoms with van der Waals surface area (Å²) in [5.74, 6) is -0.795. The largest absolute Gasteiger partial charge is 0.480 e. The van der Waals surface area contributed by atoms with Crippen LogP contribution in [0.2, 0.25) is 5.02 Å². The van der Waals surface area contributed by atoms with Crippen LogP contribution in [0.3, 0.4) is 0 Å². The molecule has 0 saturated heterocycles. The van der Waals surface area contributed by atoms with Gasteiger partial charge in [-0.1, -0.05) is 11.6 Å². The van der Waals surface area contributed by atoms with E-state index in [1.807, 2.05) is 13.8 Å². The summed E-state index contributed by atoms with van der Waals surface area (Å²) in [7, 11) is 0. The summed E-state index contributed by atoms with van der Waals surface area (Å²) >= 11 is 5.97. The van der Waals surface area contributed by atoms with Gasteiger partial charge in [0.05, 0.1) is 0 Å². The van der Waals surface area contributed by atoms with Crippen molar-refractivity contribution in [1.29, 1.82) is 0 Å². The van der Waals surface area contributed by atoms with Gasteiger partial charge < -0.3 is 4.74 Å². The Morgan fingerprint density at radius 1 is 1.24 bits per heavy atom. The van der Waals surface area contributed by atoms with Crippen LogP contribution in [-0.2, 0) is 14.4 Å². The molecular weight excluding hydrogens is 348 g/mol. The first kappa shape index (κ1) is 18.7. The molecule has 1 aliphatic rings. The summed E-state index contributed by atoms with van der Waals surface area (Å²) in [6.07, 6.45) is -0.454. The highest BCUT2D eigenvalue weighted by molar-refractivity contribution is 6.39. The van der Waals surface area contributed by atoms with Crippen LogP contribution in [0, 0.1) is 13.8 Å². The third-order valence-electron chi connectivity index (χ3n) is 3.55. The lowest BCUT2D eigenvalue weighted by Gasteiger charge is -2.19. The number of carbonyl (C=O) groups is 3. The fourth-order valence-electron chi connectivity index (χ4n) is 2.24. The van der Waals surface area contributed by atoms with E-state index in [1.54, 1.807) is 19.1 Å². The van der Waals surface area contributed by atoms with Gasteiger partial charge in [0.25, 0.3) is 11.8 Å². The number of hydrazine groups is 1. The quantitative estimate of drug-likeness (QED) is 0.694. The average molecular weight is 367 g/mol. The second-order valence-electron chi connectivity index (χ2n) is 5.67. The van der Waals surface area contributed by atoms with Crippen molar-refractivity contribution in [3.63, 3.8) is 0 Å². The van der Waals surface area contributed by atoms with Crippen molar-refractivity contribution in [2.24, 2.45) is 5.10 Å². The second-order valence-corrected chi connectivity index (χ2v) is 6.10. The lowest BCUT2D eigenvalue weighted by Crippen LogP contribution is -2.50. The predicted octanol–water partition coefficient (Wildman–Crippen LogP) is 1.14. The molecule has 1 heterocycles. The van der Waals surface area contributed by atoms with E-state index >= 15 is 0 Å². The molecule has 25 heavy (non-hydrogen) atoms. The van der Waals surface area contributed by atoms with E-state index in [1.165, 1.54) is 0 Å². The molecule has 0 aliphatic carbocycles. The number of halogens is 1. The number of ether oxygens (including phenoxy) is 1. The molecular formula is C16H19ClN4O4. The van der Waals surface area contributed by atoms with E-state index in [0.717, 1.165) is 11.1 Å². The first-order valence-electron chi connectivity index (χ1n) is 7.67. The van der Waals surface area contributed by atoms with Crippen molar-refractivity contribution in [2.75, 3.05) is 0 Å². The molecule has 0 aromatic heterocycles. The van der Waals surface area contributed by atoms with Gasteiger partial charge in [0.1, 0.15) is 11.5 Å². The summed E-state index contributed by atoms with van der Waals surface area (Å²) in [6.45, 7) is 5.22. The van der Waals surface area contributed by atoms with Gasteiger partial charge in [-0.25, -0.2) is 5.43 Å². The molecule has 0 spiro atoms. The third kappa shape index (κ3) is 4.93. The topological polar surface area (TPSA) is 109 Å². The number of nitrogens with one attached hydrogen (secondary N) is 3. The molecule has 134 valence electrons. The van der Waals surface area contributed by atoms with Crippen LogP contribution in [0.4, 0.5) is 0 Å². The zero-order chi connectivity index (χ0) is 18.6. The monoisotopic (exact) mass is 366 g/mol. The smallest absolute Gasteiger partial charge is 0.285 e. The second kappa shape index (κ2) is 7.98. The van der Waals surface area contributed by atoms with Gasteiger partial charge >= 0.3 is 0 Å². The van der Waals surface area contributed by atoms with Gasteiger partial charge in [0.2, 0.25) is 5.91 Å². The van der Waals surface area contributed by atoms with E-state index < -0.39 is 17.9 Å².